The Hall–Kier alpha value is -4.52. The second-order valence-electron chi connectivity index (χ2n) is 7.91. The molecule has 5 aromatic rings. The summed E-state index contributed by atoms with van der Waals surface area (Å²) < 4.78 is 17.1. The van der Waals surface area contributed by atoms with Gasteiger partial charge in [0.1, 0.15) is 18.0 Å². The Morgan fingerprint density at radius 1 is 0.941 bits per heavy atom. The van der Waals surface area contributed by atoms with Gasteiger partial charge in [-0.1, -0.05) is 60.7 Å². The van der Waals surface area contributed by atoms with E-state index in [4.69, 9.17) is 5.10 Å². The molecule has 0 saturated carbocycles. The molecule has 0 fully saturated rings. The number of carbonyl (C=O) groups excluding carboxylic acids is 1. The molecule has 0 unspecified atom stereocenters. The van der Waals surface area contributed by atoms with E-state index >= 15 is 0 Å². The van der Waals surface area contributed by atoms with E-state index in [9.17, 15) is 14.0 Å². The smallest absolute Gasteiger partial charge is 0.253 e. The molecular formula is C27H21FN4O2. The molecule has 7 heteroatoms. The molecule has 0 bridgehead atoms. The van der Waals surface area contributed by atoms with Crippen molar-refractivity contribution in [3.8, 4) is 16.8 Å². The van der Waals surface area contributed by atoms with E-state index in [1.165, 1.54) is 22.8 Å². The Labute approximate surface area is 194 Å². The SMILES string of the molecule is Cc1nn(-c2ccccc2)c2c1c(-c1ccccc1)cc(=O)n2CC(=O)Nc1ccccc1F. The average Bonchev–Trinajstić information content (AvgIpc) is 3.20. The number of anilines is 1. The molecule has 2 aromatic heterocycles. The number of nitrogens with zero attached hydrogens (tertiary/aromatic N) is 3. The molecule has 0 aliphatic rings. The van der Waals surface area contributed by atoms with Crippen LogP contribution in [-0.2, 0) is 11.3 Å². The van der Waals surface area contributed by atoms with Crippen molar-refractivity contribution < 1.29 is 9.18 Å². The van der Waals surface area contributed by atoms with Gasteiger partial charge < -0.3 is 5.32 Å². The summed E-state index contributed by atoms with van der Waals surface area (Å²) in [5.41, 5.74) is 3.31. The third kappa shape index (κ3) is 3.88. The number of pyridine rings is 1. The molecule has 6 nitrogen and oxygen atoms in total. The third-order valence-corrected chi connectivity index (χ3v) is 5.63. The summed E-state index contributed by atoms with van der Waals surface area (Å²) >= 11 is 0. The maximum absolute atomic E-state index is 14.1. The van der Waals surface area contributed by atoms with Gasteiger partial charge >= 0.3 is 0 Å². The molecular weight excluding hydrogens is 431 g/mol. The summed E-state index contributed by atoms with van der Waals surface area (Å²) in [6, 6.07) is 26.5. The molecule has 3 aromatic carbocycles. The van der Waals surface area contributed by atoms with Crippen molar-refractivity contribution in [2.75, 3.05) is 5.32 Å². The Kier molecular flexibility index (Phi) is 5.51. The van der Waals surface area contributed by atoms with Crippen LogP contribution in [0.1, 0.15) is 5.69 Å². The molecule has 2 heterocycles. The minimum absolute atomic E-state index is 0.0606. The lowest BCUT2D eigenvalue weighted by Crippen LogP contribution is -2.29. The number of aryl methyl sites for hydroxylation is 1. The Bertz CT molecular complexity index is 1560. The van der Waals surface area contributed by atoms with Gasteiger partial charge in [0.25, 0.3) is 5.56 Å². The quantitative estimate of drug-likeness (QED) is 0.411. The van der Waals surface area contributed by atoms with E-state index in [0.29, 0.717) is 5.65 Å². The van der Waals surface area contributed by atoms with Crippen LogP contribution in [0.5, 0.6) is 0 Å². The largest absolute Gasteiger partial charge is 0.322 e. The molecule has 0 aliphatic carbocycles. The molecule has 168 valence electrons. The number of hydrogen-bond acceptors (Lipinski definition) is 3. The molecule has 34 heavy (non-hydrogen) atoms. The summed E-state index contributed by atoms with van der Waals surface area (Å²) in [4.78, 5) is 26.2. The zero-order valence-corrected chi connectivity index (χ0v) is 18.4. The Morgan fingerprint density at radius 2 is 1.59 bits per heavy atom. The van der Waals surface area contributed by atoms with Crippen LogP contribution in [0.2, 0.25) is 0 Å². The van der Waals surface area contributed by atoms with Gasteiger partial charge in [-0.05, 0) is 42.3 Å². The van der Waals surface area contributed by atoms with Crippen molar-refractivity contribution in [2.24, 2.45) is 0 Å². The number of nitrogens with one attached hydrogen (secondary N) is 1. The summed E-state index contributed by atoms with van der Waals surface area (Å²) in [5.74, 6) is -1.06. The maximum atomic E-state index is 14.1. The summed E-state index contributed by atoms with van der Waals surface area (Å²) in [7, 11) is 0. The fourth-order valence-electron chi connectivity index (χ4n) is 4.10. The number of fused-ring (bicyclic) bond motifs is 1. The molecule has 5 rings (SSSR count). The van der Waals surface area contributed by atoms with Gasteiger partial charge in [-0.3, -0.25) is 14.2 Å². The van der Waals surface area contributed by atoms with Gasteiger partial charge in [-0.15, -0.1) is 0 Å². The first-order valence-corrected chi connectivity index (χ1v) is 10.8. The first-order valence-electron chi connectivity index (χ1n) is 10.8. The van der Waals surface area contributed by atoms with Crippen LogP contribution in [0.3, 0.4) is 0 Å². The second kappa shape index (κ2) is 8.78. The highest BCUT2D eigenvalue weighted by Crippen LogP contribution is 2.31. The number of benzene rings is 3. The van der Waals surface area contributed by atoms with E-state index in [2.05, 4.69) is 5.32 Å². The average molecular weight is 452 g/mol. The predicted molar refractivity (Wildman–Crippen MR) is 131 cm³/mol. The van der Waals surface area contributed by atoms with Crippen molar-refractivity contribution in [1.29, 1.82) is 0 Å². The van der Waals surface area contributed by atoms with Crippen LogP contribution in [0.15, 0.2) is 95.8 Å². The third-order valence-electron chi connectivity index (χ3n) is 5.63. The number of carbonyl (C=O) groups is 1. The number of rotatable bonds is 5. The van der Waals surface area contributed by atoms with Gasteiger partial charge in [0.05, 0.1) is 17.1 Å². The monoisotopic (exact) mass is 452 g/mol. The van der Waals surface area contributed by atoms with Crippen LogP contribution in [0, 0.1) is 12.7 Å². The summed E-state index contributed by atoms with van der Waals surface area (Å²) in [6.45, 7) is 1.58. The molecule has 1 amide bonds. The van der Waals surface area contributed by atoms with Crippen LogP contribution >= 0.6 is 0 Å². The van der Waals surface area contributed by atoms with Crippen LogP contribution in [-0.4, -0.2) is 20.3 Å². The van der Waals surface area contributed by atoms with Gasteiger partial charge in [0.15, 0.2) is 0 Å². The summed E-state index contributed by atoms with van der Waals surface area (Å²) in [5, 5.41) is 8.05. The number of halogens is 1. The van der Waals surface area contributed by atoms with Crippen molar-refractivity contribution in [3.63, 3.8) is 0 Å². The van der Waals surface area contributed by atoms with Crippen LogP contribution in [0.4, 0.5) is 10.1 Å². The lowest BCUT2D eigenvalue weighted by molar-refractivity contribution is -0.116. The molecule has 0 atom stereocenters. The van der Waals surface area contributed by atoms with Crippen molar-refractivity contribution in [3.05, 3.63) is 113 Å². The van der Waals surface area contributed by atoms with Crippen molar-refractivity contribution in [1.82, 2.24) is 14.3 Å². The van der Waals surface area contributed by atoms with Crippen molar-refractivity contribution in [2.45, 2.75) is 13.5 Å². The number of amides is 1. The molecule has 0 spiro atoms. The van der Waals surface area contributed by atoms with Crippen LogP contribution in [0.25, 0.3) is 27.8 Å². The van der Waals surface area contributed by atoms with E-state index < -0.39 is 11.7 Å². The molecule has 0 aliphatic heterocycles. The van der Waals surface area contributed by atoms with Gasteiger partial charge in [-0.25, -0.2) is 9.07 Å². The second-order valence-corrected chi connectivity index (χ2v) is 7.91. The lowest BCUT2D eigenvalue weighted by Gasteiger charge is -2.14. The minimum Gasteiger partial charge on any atom is -0.322 e. The maximum Gasteiger partial charge on any atom is 0.253 e. The highest BCUT2D eigenvalue weighted by atomic mass is 19.1. The normalized spacial score (nSPS) is 11.0. The summed E-state index contributed by atoms with van der Waals surface area (Å²) in [6.07, 6.45) is 0. The first kappa shape index (κ1) is 21.3. The van der Waals surface area contributed by atoms with E-state index in [-0.39, 0.29) is 17.8 Å². The zero-order valence-electron chi connectivity index (χ0n) is 18.4. The fraction of sp³-hybridized carbons (Fsp3) is 0.0741. The predicted octanol–water partition coefficient (Wildman–Crippen LogP) is 4.94. The minimum atomic E-state index is -0.544. The molecule has 1 N–H and O–H groups in total. The molecule has 0 saturated heterocycles. The highest BCUT2D eigenvalue weighted by molar-refractivity contribution is 5.97. The standard InChI is InChI=1S/C27H21FN4O2/c1-18-26-21(19-10-4-2-5-11-19)16-25(34)31(17-24(33)29-23-15-9-8-14-22(23)28)27(26)32(30-18)20-12-6-3-7-13-20/h2-16H,17H2,1H3,(H,29,33). The van der Waals surface area contributed by atoms with Gasteiger partial charge in [0, 0.05) is 11.5 Å². The Morgan fingerprint density at radius 3 is 2.29 bits per heavy atom. The van der Waals surface area contributed by atoms with E-state index in [1.54, 1.807) is 16.8 Å². The zero-order chi connectivity index (χ0) is 23.7. The van der Waals surface area contributed by atoms with E-state index in [1.807, 2.05) is 67.6 Å². The Balaban J connectivity index is 1.70. The number of para-hydroxylation sites is 2. The van der Waals surface area contributed by atoms with Crippen LogP contribution < -0.4 is 10.9 Å². The van der Waals surface area contributed by atoms with Gasteiger partial charge in [0.2, 0.25) is 5.91 Å². The lowest BCUT2D eigenvalue weighted by atomic mass is 10.0. The first-order chi connectivity index (χ1) is 16.5. The number of aromatic nitrogens is 3. The number of hydrogen-bond donors (Lipinski definition) is 1. The molecule has 0 radical (unpaired) electrons. The topological polar surface area (TPSA) is 68.9 Å². The van der Waals surface area contributed by atoms with E-state index in [0.717, 1.165) is 27.9 Å². The van der Waals surface area contributed by atoms with Crippen molar-refractivity contribution >= 4 is 22.6 Å². The fourth-order valence-corrected chi connectivity index (χ4v) is 4.10. The van der Waals surface area contributed by atoms with Gasteiger partial charge in [-0.2, -0.15) is 5.10 Å². The highest BCUT2D eigenvalue weighted by Gasteiger charge is 2.21.